The molecule has 0 fully saturated rings. The summed E-state index contributed by atoms with van der Waals surface area (Å²) in [5.74, 6) is 0. The van der Waals surface area contributed by atoms with Crippen LogP contribution in [0, 0.1) is 3.57 Å². The third-order valence-electron chi connectivity index (χ3n) is 1.16. The standard InChI is InChI=1S/C6H6IN.CHF3O3S/c7-5-1-3-6(8)4-2-5;2-1(3,4)8(5,6)7/h1-4H,8H2;(H,5,6,7). The lowest BCUT2D eigenvalue weighted by atomic mass is 10.3. The van der Waals surface area contributed by atoms with E-state index in [-0.39, 0.29) is 0 Å². The Bertz CT molecular complexity index is 408. The molecule has 0 amide bonds. The highest BCUT2D eigenvalue weighted by atomic mass is 127. The highest BCUT2D eigenvalue weighted by Gasteiger charge is 2.44. The molecule has 0 bridgehead atoms. The first-order chi connectivity index (χ1) is 7.04. The molecular formula is C7H7F3INO3S. The molecule has 1 aromatic carbocycles. The molecular weight excluding hydrogens is 362 g/mol. The van der Waals surface area contributed by atoms with Crippen LogP contribution in [0.5, 0.6) is 0 Å². The van der Waals surface area contributed by atoms with Gasteiger partial charge in [0.05, 0.1) is 0 Å². The number of hydrogen-bond donors (Lipinski definition) is 2. The molecule has 0 aliphatic rings. The maximum Gasteiger partial charge on any atom is 0.522 e. The summed E-state index contributed by atoms with van der Waals surface area (Å²) in [6.07, 6.45) is 0. The molecule has 0 saturated carbocycles. The van der Waals surface area contributed by atoms with Crippen LogP contribution < -0.4 is 5.73 Å². The van der Waals surface area contributed by atoms with Crippen molar-refractivity contribution in [2.24, 2.45) is 0 Å². The van der Waals surface area contributed by atoms with Gasteiger partial charge in [-0.05, 0) is 46.9 Å². The number of anilines is 1. The third-order valence-corrected chi connectivity index (χ3v) is 2.47. The van der Waals surface area contributed by atoms with E-state index in [4.69, 9.17) is 18.7 Å². The van der Waals surface area contributed by atoms with Gasteiger partial charge in [-0.2, -0.15) is 21.6 Å². The van der Waals surface area contributed by atoms with Gasteiger partial charge >= 0.3 is 15.6 Å². The Morgan fingerprint density at radius 1 is 1.19 bits per heavy atom. The average molecular weight is 369 g/mol. The molecule has 1 aromatic rings. The number of halogens is 4. The van der Waals surface area contributed by atoms with Gasteiger partial charge in [-0.3, -0.25) is 4.55 Å². The van der Waals surface area contributed by atoms with Crippen molar-refractivity contribution in [3.8, 4) is 0 Å². The third kappa shape index (κ3) is 6.12. The van der Waals surface area contributed by atoms with Crippen LogP contribution >= 0.6 is 22.6 Å². The Labute approximate surface area is 104 Å². The minimum Gasteiger partial charge on any atom is -0.399 e. The number of nitrogens with two attached hydrogens (primary N) is 1. The quantitative estimate of drug-likeness (QED) is 0.318. The van der Waals surface area contributed by atoms with Gasteiger partial charge in [-0.1, -0.05) is 0 Å². The first kappa shape index (κ1) is 15.4. The normalized spacial score (nSPS) is 11.6. The summed E-state index contributed by atoms with van der Waals surface area (Å²) in [6, 6.07) is 7.75. The summed E-state index contributed by atoms with van der Waals surface area (Å²) in [5.41, 5.74) is 0.713. The summed E-state index contributed by atoms with van der Waals surface area (Å²) in [7, 11) is -5.84. The van der Waals surface area contributed by atoms with E-state index in [2.05, 4.69) is 22.6 Å². The van der Waals surface area contributed by atoms with E-state index in [0.717, 1.165) is 5.69 Å². The van der Waals surface area contributed by atoms with Crippen LogP contribution in [0.4, 0.5) is 18.9 Å². The van der Waals surface area contributed by atoms with Crippen molar-refractivity contribution < 1.29 is 26.1 Å². The lowest BCUT2D eigenvalue weighted by molar-refractivity contribution is -0.0510. The smallest absolute Gasteiger partial charge is 0.399 e. The molecule has 16 heavy (non-hydrogen) atoms. The monoisotopic (exact) mass is 369 g/mol. The van der Waals surface area contributed by atoms with E-state index in [0.29, 0.717) is 0 Å². The highest BCUT2D eigenvalue weighted by Crippen LogP contribution is 2.20. The molecule has 3 N–H and O–H groups in total. The molecule has 1 rings (SSSR count). The SMILES string of the molecule is Nc1ccc(I)cc1.O=S(=O)(O)C(F)(F)F. The Morgan fingerprint density at radius 2 is 1.50 bits per heavy atom. The largest absolute Gasteiger partial charge is 0.522 e. The maximum atomic E-state index is 10.7. The summed E-state index contributed by atoms with van der Waals surface area (Å²) in [4.78, 5) is 0. The molecule has 0 heterocycles. The van der Waals surface area contributed by atoms with E-state index in [9.17, 15) is 13.2 Å². The van der Waals surface area contributed by atoms with Gasteiger partial charge in [0.15, 0.2) is 0 Å². The number of hydrogen-bond acceptors (Lipinski definition) is 3. The van der Waals surface area contributed by atoms with Crippen LogP contribution in [0.25, 0.3) is 0 Å². The van der Waals surface area contributed by atoms with Gasteiger partial charge < -0.3 is 5.73 Å². The Hall–Kier alpha value is -0.550. The molecule has 0 unspecified atom stereocenters. The molecule has 0 aliphatic heterocycles. The van der Waals surface area contributed by atoms with Gasteiger partial charge in [-0.15, -0.1) is 0 Å². The van der Waals surface area contributed by atoms with E-state index in [1.54, 1.807) is 0 Å². The lowest BCUT2D eigenvalue weighted by Gasteiger charge is -1.97. The fourth-order valence-corrected chi connectivity index (χ4v) is 0.822. The minimum atomic E-state index is -5.84. The zero-order chi connectivity index (χ0) is 13.0. The van der Waals surface area contributed by atoms with Gasteiger partial charge in [0.2, 0.25) is 0 Å². The summed E-state index contributed by atoms with van der Waals surface area (Å²) in [6.45, 7) is 0. The Kier molecular flexibility index (Phi) is 5.49. The molecule has 0 atom stereocenters. The second-order valence-corrected chi connectivity index (χ2v) is 5.13. The number of alkyl halides is 3. The van der Waals surface area contributed by atoms with E-state index < -0.39 is 15.6 Å². The van der Waals surface area contributed by atoms with E-state index in [1.165, 1.54) is 3.57 Å². The second-order valence-electron chi connectivity index (χ2n) is 2.47. The van der Waals surface area contributed by atoms with Crippen LogP contribution in [-0.2, 0) is 10.1 Å². The van der Waals surface area contributed by atoms with Crippen LogP contribution in [0.1, 0.15) is 0 Å². The van der Waals surface area contributed by atoms with Crippen molar-refractivity contribution in [1.82, 2.24) is 0 Å². The fourth-order valence-electron chi connectivity index (χ4n) is 0.463. The zero-order valence-corrected chi connectivity index (χ0v) is 10.5. The van der Waals surface area contributed by atoms with Crippen molar-refractivity contribution >= 4 is 38.4 Å². The van der Waals surface area contributed by atoms with Crippen LogP contribution in [0.2, 0.25) is 0 Å². The van der Waals surface area contributed by atoms with Crippen LogP contribution in [0.3, 0.4) is 0 Å². The second kappa shape index (κ2) is 5.68. The van der Waals surface area contributed by atoms with Crippen molar-refractivity contribution in [2.75, 3.05) is 5.73 Å². The maximum absolute atomic E-state index is 10.7. The molecule has 0 radical (unpaired) electrons. The molecule has 0 aliphatic carbocycles. The van der Waals surface area contributed by atoms with Gasteiger partial charge in [0.1, 0.15) is 0 Å². The van der Waals surface area contributed by atoms with Gasteiger partial charge in [0, 0.05) is 9.26 Å². The minimum absolute atomic E-state index is 0.824. The summed E-state index contributed by atoms with van der Waals surface area (Å²) in [5, 5.41) is 0. The average Bonchev–Trinajstić information content (AvgIpc) is 2.08. The summed E-state index contributed by atoms with van der Waals surface area (Å²) >= 11 is 2.24. The predicted molar refractivity (Wildman–Crippen MR) is 61.2 cm³/mol. The lowest BCUT2D eigenvalue weighted by Crippen LogP contribution is -2.21. The first-order valence-corrected chi connectivity index (χ1v) is 6.10. The van der Waals surface area contributed by atoms with Gasteiger partial charge in [-0.25, -0.2) is 0 Å². The molecule has 92 valence electrons. The molecule has 0 spiro atoms. The van der Waals surface area contributed by atoms with Crippen molar-refractivity contribution in [3.63, 3.8) is 0 Å². The van der Waals surface area contributed by atoms with Crippen molar-refractivity contribution in [2.45, 2.75) is 5.51 Å². The number of benzene rings is 1. The topological polar surface area (TPSA) is 80.4 Å². The van der Waals surface area contributed by atoms with E-state index in [1.807, 2.05) is 24.3 Å². The van der Waals surface area contributed by atoms with E-state index >= 15 is 0 Å². The Morgan fingerprint density at radius 3 is 1.69 bits per heavy atom. The molecule has 9 heteroatoms. The number of nitrogen functional groups attached to an aromatic ring is 1. The van der Waals surface area contributed by atoms with Crippen LogP contribution in [0.15, 0.2) is 24.3 Å². The summed E-state index contributed by atoms with van der Waals surface area (Å²) < 4.78 is 58.8. The molecule has 4 nitrogen and oxygen atoms in total. The fraction of sp³-hybridized carbons (Fsp3) is 0.143. The zero-order valence-electron chi connectivity index (χ0n) is 7.57. The number of rotatable bonds is 0. The van der Waals surface area contributed by atoms with Crippen LogP contribution in [-0.4, -0.2) is 18.5 Å². The van der Waals surface area contributed by atoms with Crippen molar-refractivity contribution in [1.29, 1.82) is 0 Å². The first-order valence-electron chi connectivity index (χ1n) is 3.59. The van der Waals surface area contributed by atoms with Crippen molar-refractivity contribution in [3.05, 3.63) is 27.8 Å². The Balaban J connectivity index is 0.000000281. The van der Waals surface area contributed by atoms with Gasteiger partial charge in [0.25, 0.3) is 0 Å². The molecule has 0 saturated heterocycles. The molecule has 0 aromatic heterocycles. The predicted octanol–water partition coefficient (Wildman–Crippen LogP) is 2.27. The highest BCUT2D eigenvalue weighted by molar-refractivity contribution is 14.1.